The minimum absolute atomic E-state index is 0.000247. The van der Waals surface area contributed by atoms with Crippen molar-refractivity contribution in [2.24, 2.45) is 11.8 Å². The van der Waals surface area contributed by atoms with Gasteiger partial charge in [-0.05, 0) is 98.7 Å². The van der Waals surface area contributed by atoms with Gasteiger partial charge in [-0.15, -0.1) is 11.6 Å². The van der Waals surface area contributed by atoms with Crippen molar-refractivity contribution in [3.05, 3.63) is 112 Å². The van der Waals surface area contributed by atoms with Crippen LogP contribution in [0.1, 0.15) is 113 Å². The number of alkyl halides is 1. The predicted octanol–water partition coefficient (Wildman–Crippen LogP) is 10.2. The normalized spacial score (nSPS) is 17.3. The van der Waals surface area contributed by atoms with Gasteiger partial charge in [-0.1, -0.05) is 105 Å². The number of amides is 3. The van der Waals surface area contributed by atoms with Crippen molar-refractivity contribution in [2.45, 2.75) is 117 Å². The highest BCUT2D eigenvalue weighted by atomic mass is 35.5. The van der Waals surface area contributed by atoms with E-state index in [2.05, 4.69) is 10.6 Å². The molecule has 0 radical (unpaired) electrons. The number of unbranched alkanes of at least 4 members (excludes halogenated alkanes) is 2. The quantitative estimate of drug-likeness (QED) is 0.0388. The molecule has 4 aromatic carbocycles. The van der Waals surface area contributed by atoms with Gasteiger partial charge in [0.2, 0.25) is 17.7 Å². The lowest BCUT2D eigenvalue weighted by Gasteiger charge is -2.32. The van der Waals surface area contributed by atoms with Crippen LogP contribution < -0.4 is 15.4 Å². The van der Waals surface area contributed by atoms with Gasteiger partial charge >= 0.3 is 6.16 Å². The third-order valence-corrected chi connectivity index (χ3v) is 12.4. The van der Waals surface area contributed by atoms with Crippen LogP contribution in [0.2, 0.25) is 5.02 Å². The van der Waals surface area contributed by atoms with Crippen LogP contribution in [0.25, 0.3) is 22.3 Å². The van der Waals surface area contributed by atoms with E-state index in [4.69, 9.17) is 32.7 Å². The van der Waals surface area contributed by atoms with E-state index in [1.807, 2.05) is 44.2 Å². The molecule has 0 saturated carbocycles. The maximum atomic E-state index is 14.9. The molecule has 1 aliphatic heterocycles. The summed E-state index contributed by atoms with van der Waals surface area (Å²) in [6.45, 7) is 12.1. The lowest BCUT2D eigenvalue weighted by molar-refractivity contribution is -0.142. The van der Waals surface area contributed by atoms with Gasteiger partial charge in [0.05, 0.1) is 11.9 Å². The lowest BCUT2D eigenvalue weighted by Crippen LogP contribution is -2.53. The third kappa shape index (κ3) is 14.1. The zero-order valence-corrected chi connectivity index (χ0v) is 41.0. The molecule has 4 aromatic rings. The molecule has 5 atom stereocenters. The van der Waals surface area contributed by atoms with Crippen LogP contribution in [0.3, 0.4) is 0 Å². The van der Waals surface area contributed by atoms with Crippen molar-refractivity contribution in [3.63, 3.8) is 0 Å². The second kappa shape index (κ2) is 23.2. The number of benzene rings is 4. The second-order valence-electron chi connectivity index (χ2n) is 18.4. The Balaban J connectivity index is 1.58. The summed E-state index contributed by atoms with van der Waals surface area (Å²) in [5.74, 6) is -4.74. The number of hydrogen-bond acceptors (Lipinski definition) is 9. The number of halogens is 2. The molecule has 0 aliphatic carbocycles. The number of ether oxygens (including phenoxy) is 2. The number of fused-ring (bicyclic) bond motifs is 5. The number of carbonyl (C=O) groups is 7. The summed E-state index contributed by atoms with van der Waals surface area (Å²) in [6.07, 6.45) is 1.37. The first-order valence-electron chi connectivity index (χ1n) is 22.7. The number of hydrogen-bond donors (Lipinski definition) is 2. The van der Waals surface area contributed by atoms with Crippen molar-refractivity contribution in [1.82, 2.24) is 15.5 Å². The number of aryl methyl sites for hydroxylation is 1. The maximum Gasteiger partial charge on any atom is 0.514 e. The number of Topliss-reactive ketones (excluding diaryl/α,β-unsaturated/α-hetero) is 3. The molecule has 5 rings (SSSR count). The first kappa shape index (κ1) is 52.1. The van der Waals surface area contributed by atoms with Gasteiger partial charge in [0.25, 0.3) is 0 Å². The largest absolute Gasteiger partial charge is 0.514 e. The fraction of sp³-hybridized carbons (Fsp3) is 0.415. The molecule has 12 nitrogen and oxygen atoms in total. The minimum atomic E-state index is -1.26. The number of nitrogens with zero attached hydrogens (tertiary/aromatic N) is 1. The predicted molar refractivity (Wildman–Crippen MR) is 260 cm³/mol. The van der Waals surface area contributed by atoms with Crippen molar-refractivity contribution < 1.29 is 43.0 Å². The highest BCUT2D eigenvalue weighted by Gasteiger charge is 2.36. The van der Waals surface area contributed by atoms with Crippen molar-refractivity contribution in [1.29, 1.82) is 0 Å². The van der Waals surface area contributed by atoms with Crippen molar-refractivity contribution in [2.75, 3.05) is 12.9 Å². The van der Waals surface area contributed by atoms with Gasteiger partial charge in [-0.3, -0.25) is 28.8 Å². The minimum Gasteiger partial charge on any atom is -0.428 e. The zero-order valence-electron chi connectivity index (χ0n) is 39.5. The molecule has 356 valence electrons. The van der Waals surface area contributed by atoms with E-state index in [1.165, 1.54) is 18.9 Å². The Morgan fingerprint density at radius 1 is 0.881 bits per heavy atom. The van der Waals surface area contributed by atoms with Gasteiger partial charge in [-0.2, -0.15) is 0 Å². The van der Waals surface area contributed by atoms with E-state index in [0.717, 1.165) is 29.5 Å². The lowest BCUT2D eigenvalue weighted by atomic mass is 9.87. The topological polar surface area (TPSA) is 165 Å². The van der Waals surface area contributed by atoms with Crippen molar-refractivity contribution >= 4 is 64.4 Å². The SMILES string of the molecule is CCCCC[C@H](CC(=O)c1ccc(-c2ccc(Cl)cc2)cc1)C(=O)N(C)[C@@H]1C(=O)C[C@@H](C)C(=O)N[C@H](C(=O)N[C@@H](C)C(=O)CCl)Cc2ccc(C)c(c2)-c2cc1ccc2OC(=O)OC(C)(C)C. The van der Waals surface area contributed by atoms with Crippen LogP contribution in [-0.4, -0.2) is 76.7 Å². The summed E-state index contributed by atoms with van der Waals surface area (Å²) >= 11 is 11.9. The standard InChI is InChI=1S/C53H61Cl2N3O9/c1-9-10-11-12-39(29-44(59)37-17-15-35(16-18-37)36-19-22-40(55)23-20-36)51(64)58(8)48-38-21-24-47(66-52(65)67-53(5,6)7)42(28-38)41-26-34(14-13-31(41)2)27-43(50(63)56-33(4)46(61)30-54)57-49(62)32(3)25-45(48)60/h13-24,26,28,32-33,39,43,48H,9-12,25,27,29-30H2,1-8H3,(H,56,63)(H,57,62)/t32-,33+,39-,43+,48+/m1/s1. The number of likely N-dealkylation sites (N-methyl/N-ethyl adjacent to an activating group) is 1. The van der Waals surface area contributed by atoms with E-state index in [1.54, 1.807) is 82.3 Å². The van der Waals surface area contributed by atoms with Gasteiger partial charge in [0.1, 0.15) is 23.4 Å². The second-order valence-corrected chi connectivity index (χ2v) is 19.1. The average Bonchev–Trinajstić information content (AvgIpc) is 3.28. The molecule has 3 amide bonds. The molecule has 0 unspecified atom stereocenters. The van der Waals surface area contributed by atoms with Crippen LogP contribution in [0.4, 0.5) is 4.79 Å². The number of carbonyl (C=O) groups excluding carboxylic acids is 7. The molecule has 0 aromatic heterocycles. The van der Waals surface area contributed by atoms with Crippen LogP contribution in [0, 0.1) is 18.8 Å². The molecule has 4 bridgehead atoms. The first-order valence-corrected chi connectivity index (χ1v) is 23.6. The van der Waals surface area contributed by atoms with Crippen LogP contribution in [-0.2, 0) is 35.1 Å². The number of nitrogens with one attached hydrogen (secondary N) is 2. The molecule has 1 aliphatic rings. The highest BCUT2D eigenvalue weighted by molar-refractivity contribution is 6.30. The Bertz CT molecular complexity index is 2460. The van der Waals surface area contributed by atoms with Gasteiger partial charge in [-0.25, -0.2) is 4.79 Å². The molecular weight excluding hydrogens is 894 g/mol. The van der Waals surface area contributed by atoms with Crippen LogP contribution >= 0.6 is 23.2 Å². The van der Waals surface area contributed by atoms with Gasteiger partial charge in [0.15, 0.2) is 17.3 Å². The summed E-state index contributed by atoms with van der Waals surface area (Å²) in [5.41, 5.74) is 4.11. The van der Waals surface area contributed by atoms with Crippen LogP contribution in [0.15, 0.2) is 84.9 Å². The summed E-state index contributed by atoms with van der Waals surface area (Å²) in [6, 6.07) is 21.5. The molecular formula is C53H61Cl2N3O9. The molecule has 1 heterocycles. The Morgan fingerprint density at radius 2 is 1.54 bits per heavy atom. The molecule has 0 spiro atoms. The summed E-state index contributed by atoms with van der Waals surface area (Å²) in [7, 11) is 1.53. The van der Waals surface area contributed by atoms with Crippen LogP contribution in [0.5, 0.6) is 5.75 Å². The molecule has 67 heavy (non-hydrogen) atoms. The Kier molecular flexibility index (Phi) is 18.1. The molecule has 0 fully saturated rings. The van der Waals surface area contributed by atoms with E-state index in [9.17, 15) is 33.6 Å². The third-order valence-electron chi connectivity index (χ3n) is 11.9. The maximum absolute atomic E-state index is 14.9. The van der Waals surface area contributed by atoms with Gasteiger partial charge < -0.3 is 25.0 Å². The Labute approximate surface area is 403 Å². The Hall–Kier alpha value is -5.85. The summed E-state index contributed by atoms with van der Waals surface area (Å²) in [5, 5.41) is 6.07. The highest BCUT2D eigenvalue weighted by Crippen LogP contribution is 2.39. The molecule has 2 N–H and O–H groups in total. The molecule has 0 saturated heterocycles. The fourth-order valence-electron chi connectivity index (χ4n) is 8.07. The average molecular weight is 955 g/mol. The first-order chi connectivity index (χ1) is 31.7. The summed E-state index contributed by atoms with van der Waals surface area (Å²) in [4.78, 5) is 98.4. The van der Waals surface area contributed by atoms with E-state index in [0.29, 0.717) is 45.7 Å². The van der Waals surface area contributed by atoms with Crippen molar-refractivity contribution in [3.8, 4) is 28.0 Å². The monoisotopic (exact) mass is 953 g/mol. The van der Waals surface area contributed by atoms with E-state index >= 15 is 0 Å². The zero-order chi connectivity index (χ0) is 49.2. The van der Waals surface area contributed by atoms with E-state index < -0.39 is 71.0 Å². The smallest absolute Gasteiger partial charge is 0.428 e. The fourth-order valence-corrected chi connectivity index (χ4v) is 8.42. The Morgan fingerprint density at radius 3 is 2.16 bits per heavy atom. The van der Waals surface area contributed by atoms with E-state index in [-0.39, 0.29) is 36.7 Å². The van der Waals surface area contributed by atoms with Gasteiger partial charge in [0, 0.05) is 54.3 Å². The summed E-state index contributed by atoms with van der Waals surface area (Å²) < 4.78 is 11.4. The number of rotatable bonds is 15. The molecule has 14 heteroatoms. The number of ketones is 3.